The van der Waals surface area contributed by atoms with Gasteiger partial charge in [0.05, 0.1) is 0 Å². The van der Waals surface area contributed by atoms with Crippen molar-refractivity contribution in [2.45, 2.75) is 52.1 Å². The highest BCUT2D eigenvalue weighted by Crippen LogP contribution is 2.20. The highest BCUT2D eigenvalue weighted by molar-refractivity contribution is 5.76. The van der Waals surface area contributed by atoms with E-state index in [1.54, 1.807) is 0 Å². The number of amides is 1. The van der Waals surface area contributed by atoms with E-state index in [0.29, 0.717) is 19.5 Å². The maximum Gasteiger partial charge on any atom is 0.221 e. The molecule has 3 N–H and O–H groups in total. The van der Waals surface area contributed by atoms with Gasteiger partial charge in [0.15, 0.2) is 0 Å². The topological polar surface area (TPSA) is 58.4 Å². The molecule has 4 nitrogen and oxygen atoms in total. The molecule has 0 saturated carbocycles. The van der Waals surface area contributed by atoms with E-state index in [1.807, 2.05) is 14.0 Å². The monoisotopic (exact) mass is 229 g/mol. The molecular weight excluding hydrogens is 202 g/mol. The van der Waals surface area contributed by atoms with Gasteiger partial charge in [-0.15, -0.1) is 0 Å². The van der Waals surface area contributed by atoms with E-state index >= 15 is 0 Å². The Labute approximate surface area is 99.6 Å². The van der Waals surface area contributed by atoms with Gasteiger partial charge in [-0.2, -0.15) is 0 Å². The Bertz CT molecular complexity index is 216. The maximum atomic E-state index is 11.5. The van der Waals surface area contributed by atoms with E-state index in [-0.39, 0.29) is 17.5 Å². The summed E-state index contributed by atoms with van der Waals surface area (Å²) >= 11 is 0. The third-order valence-electron chi connectivity index (χ3n) is 3.43. The predicted molar refractivity (Wildman–Crippen MR) is 68.3 cm³/mol. The summed E-state index contributed by atoms with van der Waals surface area (Å²) in [4.78, 5) is 13.7. The lowest BCUT2D eigenvalue weighted by Crippen LogP contribution is -2.51. The van der Waals surface area contributed by atoms with Crippen molar-refractivity contribution in [1.29, 1.82) is 0 Å². The fourth-order valence-electron chi connectivity index (χ4n) is 1.61. The van der Waals surface area contributed by atoms with E-state index in [2.05, 4.69) is 31.0 Å². The van der Waals surface area contributed by atoms with Gasteiger partial charge in [0.2, 0.25) is 5.91 Å². The number of nitrogens with zero attached hydrogens (tertiary/aromatic N) is 1. The summed E-state index contributed by atoms with van der Waals surface area (Å²) < 4.78 is 0. The first-order chi connectivity index (χ1) is 7.38. The summed E-state index contributed by atoms with van der Waals surface area (Å²) in [5.41, 5.74) is 5.83. The molecule has 16 heavy (non-hydrogen) atoms. The second-order valence-corrected chi connectivity index (χ2v) is 4.82. The number of nitrogens with one attached hydrogen (secondary N) is 1. The van der Waals surface area contributed by atoms with Crippen LogP contribution in [0.4, 0.5) is 0 Å². The Kier molecular flexibility index (Phi) is 6.60. The van der Waals surface area contributed by atoms with Gasteiger partial charge in [0.25, 0.3) is 0 Å². The van der Waals surface area contributed by atoms with E-state index < -0.39 is 0 Å². The molecule has 0 aliphatic rings. The van der Waals surface area contributed by atoms with E-state index in [4.69, 9.17) is 5.73 Å². The average Bonchev–Trinajstić information content (AvgIpc) is 2.25. The first-order valence-corrected chi connectivity index (χ1v) is 6.08. The van der Waals surface area contributed by atoms with Crippen LogP contribution >= 0.6 is 0 Å². The van der Waals surface area contributed by atoms with Crippen LogP contribution in [0.25, 0.3) is 0 Å². The number of hydrogen-bond acceptors (Lipinski definition) is 3. The van der Waals surface area contributed by atoms with Crippen molar-refractivity contribution in [1.82, 2.24) is 10.2 Å². The fraction of sp³-hybridized carbons (Fsp3) is 0.917. The van der Waals surface area contributed by atoms with Gasteiger partial charge in [-0.3, -0.25) is 9.69 Å². The van der Waals surface area contributed by atoms with Crippen molar-refractivity contribution in [3.8, 4) is 0 Å². The zero-order valence-electron chi connectivity index (χ0n) is 11.3. The summed E-state index contributed by atoms with van der Waals surface area (Å²) in [6.45, 7) is 9.61. The summed E-state index contributed by atoms with van der Waals surface area (Å²) in [5.74, 6) is 0.0803. The number of likely N-dealkylation sites (N-methyl/N-ethyl adjacent to an activating group) is 1. The van der Waals surface area contributed by atoms with Crippen molar-refractivity contribution in [2.75, 3.05) is 20.1 Å². The summed E-state index contributed by atoms with van der Waals surface area (Å²) in [6.07, 6.45) is 1.51. The molecule has 0 heterocycles. The SMILES string of the molecule is CCNC(=O)CC(CN)N(C)C(C)(C)CC. The first-order valence-electron chi connectivity index (χ1n) is 6.08. The number of nitrogens with two attached hydrogens (primary N) is 1. The van der Waals surface area contributed by atoms with Crippen molar-refractivity contribution >= 4 is 5.91 Å². The van der Waals surface area contributed by atoms with E-state index in [1.165, 1.54) is 0 Å². The van der Waals surface area contributed by atoms with Crippen molar-refractivity contribution in [2.24, 2.45) is 5.73 Å². The second-order valence-electron chi connectivity index (χ2n) is 4.82. The molecule has 0 radical (unpaired) electrons. The lowest BCUT2D eigenvalue weighted by molar-refractivity contribution is -0.122. The molecule has 1 atom stereocenters. The fourth-order valence-corrected chi connectivity index (χ4v) is 1.61. The molecule has 0 spiro atoms. The van der Waals surface area contributed by atoms with E-state index in [9.17, 15) is 4.79 Å². The van der Waals surface area contributed by atoms with Gasteiger partial charge in [0.1, 0.15) is 0 Å². The summed E-state index contributed by atoms with van der Waals surface area (Å²) in [6, 6.07) is 0.112. The smallest absolute Gasteiger partial charge is 0.221 e. The van der Waals surface area contributed by atoms with Crippen LogP contribution in [0, 0.1) is 0 Å². The number of carbonyl (C=O) groups excluding carboxylic acids is 1. The molecule has 4 heteroatoms. The van der Waals surface area contributed by atoms with Crippen molar-refractivity contribution in [3.63, 3.8) is 0 Å². The van der Waals surface area contributed by atoms with Crippen LogP contribution in [0.5, 0.6) is 0 Å². The third-order valence-corrected chi connectivity index (χ3v) is 3.43. The van der Waals surface area contributed by atoms with Gasteiger partial charge in [-0.25, -0.2) is 0 Å². The number of hydrogen-bond donors (Lipinski definition) is 2. The highest BCUT2D eigenvalue weighted by atomic mass is 16.1. The molecule has 0 bridgehead atoms. The third kappa shape index (κ3) is 4.49. The quantitative estimate of drug-likeness (QED) is 0.683. The van der Waals surface area contributed by atoms with E-state index in [0.717, 1.165) is 6.42 Å². The highest BCUT2D eigenvalue weighted by Gasteiger charge is 2.28. The van der Waals surface area contributed by atoms with Crippen LogP contribution in [0.3, 0.4) is 0 Å². The Morgan fingerprint density at radius 2 is 2.00 bits per heavy atom. The summed E-state index contributed by atoms with van der Waals surface area (Å²) in [5, 5.41) is 2.81. The van der Waals surface area contributed by atoms with Crippen LogP contribution in [-0.2, 0) is 4.79 Å². The van der Waals surface area contributed by atoms with Gasteiger partial charge < -0.3 is 11.1 Å². The van der Waals surface area contributed by atoms with Crippen LogP contribution < -0.4 is 11.1 Å². The lowest BCUT2D eigenvalue weighted by atomic mass is 9.96. The second kappa shape index (κ2) is 6.86. The Balaban J connectivity index is 4.43. The molecule has 0 fully saturated rings. The minimum atomic E-state index is 0.0799. The van der Waals surface area contributed by atoms with Crippen molar-refractivity contribution < 1.29 is 4.79 Å². The lowest BCUT2D eigenvalue weighted by Gasteiger charge is -2.40. The zero-order valence-corrected chi connectivity index (χ0v) is 11.3. The molecule has 0 aromatic carbocycles. The molecule has 96 valence electrons. The molecule has 0 aromatic rings. The normalized spacial score (nSPS) is 13.9. The first kappa shape index (κ1) is 15.4. The average molecular weight is 229 g/mol. The van der Waals surface area contributed by atoms with Crippen LogP contribution in [0.2, 0.25) is 0 Å². The Morgan fingerprint density at radius 3 is 2.38 bits per heavy atom. The molecule has 0 aromatic heterocycles. The zero-order chi connectivity index (χ0) is 12.8. The molecule has 0 saturated heterocycles. The molecule has 0 aliphatic heterocycles. The van der Waals surface area contributed by atoms with Gasteiger partial charge >= 0.3 is 0 Å². The minimum absolute atomic E-state index is 0.0799. The predicted octanol–water partition coefficient (Wildman–Crippen LogP) is 0.960. The molecule has 1 unspecified atom stereocenters. The number of rotatable bonds is 7. The Hall–Kier alpha value is -0.610. The molecular formula is C12H27N3O. The van der Waals surface area contributed by atoms with Gasteiger partial charge in [-0.1, -0.05) is 6.92 Å². The molecule has 0 aliphatic carbocycles. The van der Waals surface area contributed by atoms with Gasteiger partial charge in [0, 0.05) is 31.1 Å². The molecule has 0 rings (SSSR count). The largest absolute Gasteiger partial charge is 0.356 e. The minimum Gasteiger partial charge on any atom is -0.356 e. The van der Waals surface area contributed by atoms with Crippen molar-refractivity contribution in [3.05, 3.63) is 0 Å². The van der Waals surface area contributed by atoms with Crippen LogP contribution in [0.15, 0.2) is 0 Å². The standard InChI is InChI=1S/C12H27N3O/c1-6-12(3,4)15(5)10(9-13)8-11(16)14-7-2/h10H,6-9,13H2,1-5H3,(H,14,16). The van der Waals surface area contributed by atoms with Gasteiger partial charge in [-0.05, 0) is 34.2 Å². The Morgan fingerprint density at radius 1 is 1.44 bits per heavy atom. The number of carbonyl (C=O) groups is 1. The molecule has 1 amide bonds. The summed E-state index contributed by atoms with van der Waals surface area (Å²) in [7, 11) is 2.04. The van der Waals surface area contributed by atoms with Crippen LogP contribution in [-0.4, -0.2) is 42.5 Å². The van der Waals surface area contributed by atoms with Crippen LogP contribution in [0.1, 0.15) is 40.5 Å². The maximum absolute atomic E-state index is 11.5.